The quantitative estimate of drug-likeness (QED) is 0.279. The van der Waals surface area contributed by atoms with Gasteiger partial charge in [-0.15, -0.1) is 11.3 Å². The van der Waals surface area contributed by atoms with Gasteiger partial charge in [-0.05, 0) is 43.8 Å². The van der Waals surface area contributed by atoms with Gasteiger partial charge >= 0.3 is 6.18 Å². The number of rotatable bonds is 7. The third kappa shape index (κ3) is 5.49. The second-order valence-electron chi connectivity index (χ2n) is 9.14. The van der Waals surface area contributed by atoms with Crippen LogP contribution in [0.15, 0.2) is 60.8 Å². The molecule has 0 bridgehead atoms. The van der Waals surface area contributed by atoms with Crippen LogP contribution in [0.25, 0.3) is 21.6 Å². The number of fused-ring (bicyclic) bond motifs is 1. The summed E-state index contributed by atoms with van der Waals surface area (Å²) in [5, 5.41) is 7.71. The molecule has 2 N–H and O–H groups in total. The van der Waals surface area contributed by atoms with E-state index < -0.39 is 24.9 Å². The van der Waals surface area contributed by atoms with Gasteiger partial charge in [0.15, 0.2) is 0 Å². The number of para-hydroxylation sites is 1. The number of hydrogen-bond donors (Lipinski definition) is 2. The van der Waals surface area contributed by atoms with Gasteiger partial charge in [0.1, 0.15) is 17.7 Å². The molecule has 36 heavy (non-hydrogen) atoms. The number of thiazole rings is 1. The Morgan fingerprint density at radius 1 is 1.11 bits per heavy atom. The molecule has 2 aromatic heterocycles. The summed E-state index contributed by atoms with van der Waals surface area (Å²) >= 11 is 1.36. The van der Waals surface area contributed by atoms with Crippen LogP contribution in [0.3, 0.4) is 0 Å². The minimum atomic E-state index is -4.41. The Balaban J connectivity index is 1.47. The number of alkyl halides is 4. The molecule has 0 aliphatic carbocycles. The lowest BCUT2D eigenvalue weighted by molar-refractivity contribution is -0.139. The van der Waals surface area contributed by atoms with Gasteiger partial charge in [0.2, 0.25) is 0 Å². The molecule has 2 aromatic carbocycles. The zero-order chi connectivity index (χ0) is 25.3. The first-order valence-electron chi connectivity index (χ1n) is 11.8. The van der Waals surface area contributed by atoms with E-state index in [1.54, 1.807) is 30.5 Å². The fourth-order valence-electron chi connectivity index (χ4n) is 4.61. The number of likely N-dealkylation sites (tertiary alicyclic amines) is 1. The molecule has 0 amide bonds. The molecule has 1 aliphatic rings. The Kier molecular flexibility index (Phi) is 6.90. The fraction of sp³-hybridized carbons (Fsp3) is 0.346. The van der Waals surface area contributed by atoms with Gasteiger partial charge in [0.25, 0.3) is 0 Å². The van der Waals surface area contributed by atoms with E-state index >= 15 is 0 Å². The summed E-state index contributed by atoms with van der Waals surface area (Å²) < 4.78 is 56.7. The number of piperidine rings is 1. The summed E-state index contributed by atoms with van der Waals surface area (Å²) in [4.78, 5) is 7.30. The summed E-state index contributed by atoms with van der Waals surface area (Å²) in [6.45, 7) is 0.467. The first-order valence-corrected chi connectivity index (χ1v) is 12.6. The van der Waals surface area contributed by atoms with Crippen molar-refractivity contribution >= 4 is 33.6 Å². The molecule has 5 nitrogen and oxygen atoms in total. The van der Waals surface area contributed by atoms with Gasteiger partial charge < -0.3 is 20.1 Å². The molecule has 0 spiro atoms. The minimum Gasteiger partial charge on any atom is -0.380 e. The largest absolute Gasteiger partial charge is 0.406 e. The van der Waals surface area contributed by atoms with Gasteiger partial charge in [-0.25, -0.2) is 9.37 Å². The van der Waals surface area contributed by atoms with Gasteiger partial charge in [-0.3, -0.25) is 0 Å². The topological polar surface area (TPSA) is 45.1 Å². The monoisotopic (exact) mass is 517 g/mol. The number of hydrogen-bond acceptors (Lipinski definition) is 5. The van der Waals surface area contributed by atoms with Crippen molar-refractivity contribution in [3.8, 4) is 10.7 Å². The molecule has 1 aliphatic heterocycles. The molecule has 4 aromatic rings. The number of anilines is 2. The number of benzene rings is 2. The van der Waals surface area contributed by atoms with E-state index in [9.17, 15) is 17.6 Å². The molecule has 5 rings (SSSR count). The van der Waals surface area contributed by atoms with E-state index in [0.717, 1.165) is 17.1 Å². The summed E-state index contributed by atoms with van der Waals surface area (Å²) in [5.74, 6) is 0. The van der Waals surface area contributed by atoms with Crippen LogP contribution in [-0.4, -0.2) is 53.0 Å². The van der Waals surface area contributed by atoms with Crippen LogP contribution in [0.4, 0.5) is 28.9 Å². The third-order valence-corrected chi connectivity index (χ3v) is 7.40. The highest BCUT2D eigenvalue weighted by Crippen LogP contribution is 2.37. The molecular weight excluding hydrogens is 490 g/mol. The summed E-state index contributed by atoms with van der Waals surface area (Å²) in [6, 6.07) is 16.2. The second-order valence-corrected chi connectivity index (χ2v) is 10.3. The Bertz CT molecular complexity index is 1320. The molecule has 0 saturated carbocycles. The van der Waals surface area contributed by atoms with Crippen molar-refractivity contribution in [3.63, 3.8) is 0 Å². The van der Waals surface area contributed by atoms with Crippen LogP contribution in [0.2, 0.25) is 0 Å². The molecule has 3 heterocycles. The predicted octanol–water partition coefficient (Wildman–Crippen LogP) is 6.39. The van der Waals surface area contributed by atoms with E-state index in [1.807, 2.05) is 42.3 Å². The maximum atomic E-state index is 14.7. The molecule has 1 saturated heterocycles. The Hall–Kier alpha value is -3.11. The highest BCUT2D eigenvalue weighted by molar-refractivity contribution is 7.15. The Labute approximate surface area is 210 Å². The maximum Gasteiger partial charge on any atom is 0.406 e. The number of nitrogens with zero attached hydrogens (tertiary/aromatic N) is 3. The van der Waals surface area contributed by atoms with Crippen molar-refractivity contribution in [1.29, 1.82) is 0 Å². The lowest BCUT2D eigenvalue weighted by Gasteiger charge is -2.33. The molecular formula is C26H27F4N5S. The Morgan fingerprint density at radius 3 is 2.67 bits per heavy atom. The number of nitrogens with one attached hydrogen (secondary N) is 2. The van der Waals surface area contributed by atoms with Gasteiger partial charge in [0.05, 0.1) is 23.8 Å². The normalized spacial score (nSPS) is 19.0. The van der Waals surface area contributed by atoms with E-state index in [4.69, 9.17) is 0 Å². The van der Waals surface area contributed by atoms with Gasteiger partial charge in [0, 0.05) is 40.9 Å². The Morgan fingerprint density at radius 2 is 1.92 bits per heavy atom. The molecule has 2 atom stereocenters. The average molecular weight is 518 g/mol. The van der Waals surface area contributed by atoms with Crippen molar-refractivity contribution in [2.45, 2.75) is 37.9 Å². The standard InChI is InChI=1S/C26H27F4N5S/c1-34-11-10-22(20(27)15-34)33-21-8-5-9-23-19(21)12-24(35(23)16-26(28,29)30)25-32-14-18(36-25)13-31-17-6-3-2-4-7-17/h2-9,12,14,20,22,31,33H,10-11,13,15-16H2,1H3/t20-,22+/m0/s1. The van der Waals surface area contributed by atoms with E-state index in [1.165, 1.54) is 15.9 Å². The van der Waals surface area contributed by atoms with Crippen LogP contribution in [-0.2, 0) is 13.1 Å². The summed E-state index contributed by atoms with van der Waals surface area (Å²) in [5.41, 5.74) is 2.42. The highest BCUT2D eigenvalue weighted by atomic mass is 32.1. The van der Waals surface area contributed by atoms with Crippen molar-refractivity contribution in [1.82, 2.24) is 14.5 Å². The lowest BCUT2D eigenvalue weighted by Crippen LogP contribution is -2.46. The maximum absolute atomic E-state index is 14.7. The zero-order valence-electron chi connectivity index (χ0n) is 19.7. The van der Waals surface area contributed by atoms with Crippen molar-refractivity contribution < 1.29 is 17.6 Å². The van der Waals surface area contributed by atoms with Gasteiger partial charge in [-0.1, -0.05) is 24.3 Å². The molecule has 0 unspecified atom stereocenters. The van der Waals surface area contributed by atoms with Gasteiger partial charge in [-0.2, -0.15) is 13.2 Å². The highest BCUT2D eigenvalue weighted by Gasteiger charge is 2.32. The van der Waals surface area contributed by atoms with Crippen LogP contribution in [0, 0.1) is 0 Å². The fourth-order valence-corrected chi connectivity index (χ4v) is 5.49. The SMILES string of the molecule is CN1CC[C@@H](Nc2cccc3c2cc(-c2ncc(CNc4ccccc4)s2)n3CC(F)(F)F)[C@@H](F)C1. The number of halogens is 4. The molecule has 10 heteroatoms. The summed E-state index contributed by atoms with van der Waals surface area (Å²) in [6.07, 6.45) is -3.16. The van der Waals surface area contributed by atoms with Crippen LogP contribution in [0.5, 0.6) is 0 Å². The van der Waals surface area contributed by atoms with Crippen molar-refractivity contribution in [3.05, 3.63) is 65.7 Å². The third-order valence-electron chi connectivity index (χ3n) is 6.38. The molecule has 190 valence electrons. The second kappa shape index (κ2) is 10.1. The first-order chi connectivity index (χ1) is 17.3. The van der Waals surface area contributed by atoms with Crippen LogP contribution >= 0.6 is 11.3 Å². The molecule has 1 fully saturated rings. The zero-order valence-corrected chi connectivity index (χ0v) is 20.5. The summed E-state index contributed by atoms with van der Waals surface area (Å²) in [7, 11) is 1.88. The average Bonchev–Trinajstić information content (AvgIpc) is 3.45. The number of aromatic nitrogens is 2. The smallest absolute Gasteiger partial charge is 0.380 e. The van der Waals surface area contributed by atoms with E-state index in [0.29, 0.717) is 46.8 Å². The predicted molar refractivity (Wildman–Crippen MR) is 137 cm³/mol. The van der Waals surface area contributed by atoms with E-state index in [2.05, 4.69) is 15.6 Å². The van der Waals surface area contributed by atoms with Crippen molar-refractivity contribution in [2.75, 3.05) is 30.8 Å². The lowest BCUT2D eigenvalue weighted by atomic mass is 10.0. The van der Waals surface area contributed by atoms with Crippen LogP contribution in [0.1, 0.15) is 11.3 Å². The minimum absolute atomic E-state index is 0.326. The van der Waals surface area contributed by atoms with E-state index in [-0.39, 0.29) is 0 Å². The molecule has 0 radical (unpaired) electrons. The first kappa shape index (κ1) is 24.6. The van der Waals surface area contributed by atoms with Crippen molar-refractivity contribution in [2.24, 2.45) is 0 Å². The van der Waals surface area contributed by atoms with Crippen LogP contribution < -0.4 is 10.6 Å².